The molecule has 1 aliphatic heterocycles. The van der Waals surface area contributed by atoms with Crippen molar-refractivity contribution in [2.45, 2.75) is 29.3 Å². The molecule has 2 heterocycles. The Morgan fingerprint density at radius 1 is 1.60 bits per heavy atom. The number of H-pyrrole nitrogens is 1. The Hall–Kier alpha value is -1.15. The highest BCUT2D eigenvalue weighted by Crippen LogP contribution is 2.27. The lowest BCUT2D eigenvalue weighted by Crippen LogP contribution is -2.44. The van der Waals surface area contributed by atoms with E-state index in [0.29, 0.717) is 18.1 Å². The summed E-state index contributed by atoms with van der Waals surface area (Å²) in [7, 11) is 0. The lowest BCUT2D eigenvalue weighted by molar-refractivity contribution is -0.140. The average molecular weight is 229 g/mol. The molecule has 1 unspecified atom stereocenters. The molecule has 82 valence electrons. The number of carbonyl (C=O) groups is 1. The number of rotatable bonds is 3. The summed E-state index contributed by atoms with van der Waals surface area (Å²) >= 11 is 1.47. The maximum Gasteiger partial charge on any atom is 0.320 e. The lowest BCUT2D eigenvalue weighted by Gasteiger charge is -2.26. The number of thioether (sulfide) groups is 1. The van der Waals surface area contributed by atoms with Crippen LogP contribution in [0.4, 0.5) is 0 Å². The molecule has 1 fully saturated rings. The Morgan fingerprint density at radius 3 is 3.13 bits per heavy atom. The van der Waals surface area contributed by atoms with Crippen LogP contribution in [-0.2, 0) is 4.79 Å². The Balaban J connectivity index is 1.90. The fraction of sp³-hybridized carbons (Fsp3) is 0.714. The molecule has 0 amide bonds. The molecule has 0 spiro atoms. The standard InChI is InChI=1S/C7H11N5O2S/c13-6(14)5-3-4(1-2-8-5)15-7-9-11-12-10-7/h4-5,8H,1-3H2,(H,13,14)(H,9,10,11,12)/t4-,5?/m0/s1. The first-order valence-corrected chi connectivity index (χ1v) is 5.50. The van der Waals surface area contributed by atoms with E-state index in [1.165, 1.54) is 11.8 Å². The maximum atomic E-state index is 10.8. The monoisotopic (exact) mass is 229 g/mol. The Kier molecular flexibility index (Phi) is 3.17. The zero-order valence-electron chi connectivity index (χ0n) is 7.88. The molecule has 15 heavy (non-hydrogen) atoms. The molecular weight excluding hydrogens is 218 g/mol. The van der Waals surface area contributed by atoms with Crippen molar-refractivity contribution >= 4 is 17.7 Å². The van der Waals surface area contributed by atoms with Gasteiger partial charge in [0.25, 0.3) is 0 Å². The summed E-state index contributed by atoms with van der Waals surface area (Å²) in [5.74, 6) is -0.798. The van der Waals surface area contributed by atoms with Crippen LogP contribution < -0.4 is 5.32 Å². The molecular formula is C7H11N5O2S. The van der Waals surface area contributed by atoms with Gasteiger partial charge in [-0.3, -0.25) is 4.79 Å². The highest BCUT2D eigenvalue weighted by Gasteiger charge is 2.27. The third-order valence-electron chi connectivity index (χ3n) is 2.25. The number of nitrogens with one attached hydrogen (secondary N) is 2. The van der Waals surface area contributed by atoms with Gasteiger partial charge in [-0.15, -0.1) is 10.2 Å². The van der Waals surface area contributed by atoms with E-state index in [9.17, 15) is 4.79 Å². The number of piperidine rings is 1. The number of hydrogen-bond acceptors (Lipinski definition) is 6. The molecule has 2 rings (SSSR count). The van der Waals surface area contributed by atoms with Crippen molar-refractivity contribution in [1.82, 2.24) is 25.9 Å². The average Bonchev–Trinajstić information content (AvgIpc) is 2.71. The predicted octanol–water partition coefficient (Wildman–Crippen LogP) is -0.503. The second-order valence-corrected chi connectivity index (χ2v) is 4.57. The summed E-state index contributed by atoms with van der Waals surface area (Å²) in [6, 6.07) is -0.455. The van der Waals surface area contributed by atoms with Gasteiger partial charge in [0, 0.05) is 5.25 Å². The summed E-state index contributed by atoms with van der Waals surface area (Å²) in [6.07, 6.45) is 1.51. The van der Waals surface area contributed by atoms with Crippen molar-refractivity contribution in [1.29, 1.82) is 0 Å². The molecule has 2 atom stereocenters. The largest absolute Gasteiger partial charge is 0.480 e. The third-order valence-corrected chi connectivity index (χ3v) is 3.40. The molecule has 0 aromatic carbocycles. The van der Waals surface area contributed by atoms with Crippen molar-refractivity contribution in [2.24, 2.45) is 0 Å². The van der Waals surface area contributed by atoms with E-state index in [0.717, 1.165) is 6.42 Å². The van der Waals surface area contributed by atoms with Crippen LogP contribution in [0.3, 0.4) is 0 Å². The summed E-state index contributed by atoms with van der Waals surface area (Å²) < 4.78 is 0. The fourth-order valence-corrected chi connectivity index (χ4v) is 2.53. The normalized spacial score (nSPS) is 26.4. The molecule has 1 aromatic heterocycles. The number of nitrogens with zero attached hydrogens (tertiary/aromatic N) is 3. The molecule has 7 nitrogen and oxygen atoms in total. The smallest absolute Gasteiger partial charge is 0.320 e. The summed E-state index contributed by atoms with van der Waals surface area (Å²) in [4.78, 5) is 10.8. The molecule has 1 aliphatic rings. The number of aliphatic carboxylic acids is 1. The van der Waals surface area contributed by atoms with Crippen LogP contribution in [-0.4, -0.2) is 49.5 Å². The van der Waals surface area contributed by atoms with E-state index >= 15 is 0 Å². The maximum absolute atomic E-state index is 10.8. The predicted molar refractivity (Wildman–Crippen MR) is 52.5 cm³/mol. The van der Waals surface area contributed by atoms with Crippen LogP contribution in [0.25, 0.3) is 0 Å². The SMILES string of the molecule is O=C(O)C1C[C@@H](Sc2nn[nH]n2)CCN1. The van der Waals surface area contributed by atoms with E-state index < -0.39 is 12.0 Å². The minimum Gasteiger partial charge on any atom is -0.480 e. The quantitative estimate of drug-likeness (QED) is 0.641. The van der Waals surface area contributed by atoms with Gasteiger partial charge in [0.1, 0.15) is 6.04 Å². The third kappa shape index (κ3) is 2.66. The van der Waals surface area contributed by atoms with Crippen molar-refractivity contribution in [3.8, 4) is 0 Å². The Bertz CT molecular complexity index is 330. The van der Waals surface area contributed by atoms with Crippen LogP contribution in [0.1, 0.15) is 12.8 Å². The molecule has 8 heteroatoms. The minimum absolute atomic E-state index is 0.241. The number of carboxylic acids is 1. The van der Waals surface area contributed by atoms with Crippen molar-refractivity contribution in [2.75, 3.05) is 6.54 Å². The number of aromatic amines is 1. The van der Waals surface area contributed by atoms with Gasteiger partial charge in [-0.25, -0.2) is 0 Å². The van der Waals surface area contributed by atoms with Gasteiger partial charge in [-0.2, -0.15) is 5.21 Å². The number of tetrazole rings is 1. The molecule has 0 aliphatic carbocycles. The van der Waals surface area contributed by atoms with Gasteiger partial charge < -0.3 is 10.4 Å². The van der Waals surface area contributed by atoms with Gasteiger partial charge >= 0.3 is 5.97 Å². The van der Waals surface area contributed by atoms with E-state index in [1.54, 1.807) is 0 Å². The summed E-state index contributed by atoms with van der Waals surface area (Å²) in [5, 5.41) is 26.1. The van der Waals surface area contributed by atoms with Crippen LogP contribution in [0, 0.1) is 0 Å². The Labute approximate surface area is 90.0 Å². The highest BCUT2D eigenvalue weighted by atomic mass is 32.2. The molecule has 1 aromatic rings. The first-order valence-electron chi connectivity index (χ1n) is 4.62. The lowest BCUT2D eigenvalue weighted by atomic mass is 10.1. The first-order chi connectivity index (χ1) is 7.25. The number of hydrogen-bond donors (Lipinski definition) is 3. The van der Waals surface area contributed by atoms with Gasteiger partial charge in [0.05, 0.1) is 0 Å². The summed E-state index contributed by atoms with van der Waals surface area (Å²) in [5.41, 5.74) is 0. The zero-order valence-corrected chi connectivity index (χ0v) is 8.70. The van der Waals surface area contributed by atoms with Gasteiger partial charge in [-0.1, -0.05) is 11.8 Å². The molecule has 0 saturated carbocycles. The molecule has 3 N–H and O–H groups in total. The van der Waals surface area contributed by atoms with Crippen molar-refractivity contribution < 1.29 is 9.90 Å². The molecule has 1 saturated heterocycles. The van der Waals surface area contributed by atoms with Crippen LogP contribution >= 0.6 is 11.8 Å². The van der Waals surface area contributed by atoms with Crippen LogP contribution in [0.2, 0.25) is 0 Å². The van der Waals surface area contributed by atoms with E-state index in [2.05, 4.69) is 25.9 Å². The zero-order chi connectivity index (χ0) is 10.7. The number of aromatic nitrogens is 4. The van der Waals surface area contributed by atoms with Gasteiger partial charge in [0.15, 0.2) is 0 Å². The van der Waals surface area contributed by atoms with E-state index in [1.807, 2.05) is 0 Å². The van der Waals surface area contributed by atoms with E-state index in [4.69, 9.17) is 5.11 Å². The van der Waals surface area contributed by atoms with Crippen molar-refractivity contribution in [3.63, 3.8) is 0 Å². The highest BCUT2D eigenvalue weighted by molar-refractivity contribution is 7.99. The summed E-state index contributed by atoms with van der Waals surface area (Å²) in [6.45, 7) is 0.715. The fourth-order valence-electron chi connectivity index (χ4n) is 1.53. The minimum atomic E-state index is -0.798. The van der Waals surface area contributed by atoms with Crippen molar-refractivity contribution in [3.05, 3.63) is 0 Å². The van der Waals surface area contributed by atoms with E-state index in [-0.39, 0.29) is 5.25 Å². The van der Waals surface area contributed by atoms with Crippen LogP contribution in [0.15, 0.2) is 5.16 Å². The second kappa shape index (κ2) is 4.58. The van der Waals surface area contributed by atoms with Crippen LogP contribution in [0.5, 0.6) is 0 Å². The topological polar surface area (TPSA) is 104 Å². The second-order valence-electron chi connectivity index (χ2n) is 3.30. The number of carboxylic acid groups (broad SMARTS) is 1. The molecule has 0 radical (unpaired) electrons. The van der Waals surface area contributed by atoms with Gasteiger partial charge in [0.2, 0.25) is 5.16 Å². The Morgan fingerprint density at radius 2 is 2.47 bits per heavy atom. The molecule has 0 bridgehead atoms. The first kappa shape index (κ1) is 10.4. The van der Waals surface area contributed by atoms with Gasteiger partial charge in [-0.05, 0) is 24.6 Å².